The van der Waals surface area contributed by atoms with Gasteiger partial charge in [-0.3, -0.25) is 4.98 Å². The van der Waals surface area contributed by atoms with Crippen molar-refractivity contribution < 1.29 is 4.74 Å². The summed E-state index contributed by atoms with van der Waals surface area (Å²) in [6, 6.07) is 10.2. The van der Waals surface area contributed by atoms with Gasteiger partial charge >= 0.3 is 0 Å². The van der Waals surface area contributed by atoms with E-state index in [0.29, 0.717) is 0 Å². The largest absolute Gasteiger partial charge is 0.369 e. The molecule has 0 saturated carbocycles. The summed E-state index contributed by atoms with van der Waals surface area (Å²) in [5.74, 6) is 0.278. The molecule has 1 aliphatic rings. The van der Waals surface area contributed by atoms with Crippen LogP contribution in [0, 0.1) is 5.92 Å². The predicted octanol–water partition coefficient (Wildman–Crippen LogP) is 3.83. The zero-order valence-corrected chi connectivity index (χ0v) is 13.3. The average molecular weight is 284 g/mol. The Morgan fingerprint density at radius 1 is 1.19 bits per heavy atom. The minimum absolute atomic E-state index is 0.0691. The number of pyridine rings is 1. The van der Waals surface area contributed by atoms with Gasteiger partial charge in [-0.15, -0.1) is 0 Å². The highest BCUT2D eigenvalue weighted by molar-refractivity contribution is 5.82. The van der Waals surface area contributed by atoms with Gasteiger partial charge in [0.25, 0.3) is 0 Å². The number of nitrogens with zero attached hydrogens (tertiary/aromatic N) is 1. The molecule has 0 aliphatic carbocycles. The van der Waals surface area contributed by atoms with Crippen LogP contribution in [0.4, 0.5) is 0 Å². The standard InChI is InChI=1S/C18H24N2O/c1-17(2)11-14(18(3,4)21-17)15(19)13-9-5-7-12-8-6-10-20-16(12)13/h5-10,14-15H,11,19H2,1-4H3. The highest BCUT2D eigenvalue weighted by atomic mass is 16.5. The molecule has 21 heavy (non-hydrogen) atoms. The number of aromatic nitrogens is 1. The van der Waals surface area contributed by atoms with E-state index in [1.807, 2.05) is 12.3 Å². The summed E-state index contributed by atoms with van der Waals surface area (Å²) < 4.78 is 6.20. The fraction of sp³-hybridized carbons (Fsp3) is 0.500. The van der Waals surface area contributed by atoms with Crippen molar-refractivity contribution in [3.8, 4) is 0 Å². The molecule has 1 aromatic heterocycles. The Morgan fingerprint density at radius 2 is 1.90 bits per heavy atom. The summed E-state index contributed by atoms with van der Waals surface area (Å²) in [4.78, 5) is 4.54. The maximum absolute atomic E-state index is 6.64. The molecule has 0 amide bonds. The lowest BCUT2D eigenvalue weighted by molar-refractivity contribution is -0.0766. The van der Waals surface area contributed by atoms with Crippen molar-refractivity contribution in [3.63, 3.8) is 0 Å². The van der Waals surface area contributed by atoms with Crippen molar-refractivity contribution in [1.29, 1.82) is 0 Å². The van der Waals surface area contributed by atoms with Gasteiger partial charge in [0, 0.05) is 23.5 Å². The second-order valence-electron chi connectivity index (χ2n) is 7.22. The fourth-order valence-corrected chi connectivity index (χ4v) is 3.78. The fourth-order valence-electron chi connectivity index (χ4n) is 3.78. The zero-order valence-electron chi connectivity index (χ0n) is 13.3. The number of ether oxygens (including phenoxy) is 1. The van der Waals surface area contributed by atoms with Crippen LogP contribution < -0.4 is 5.73 Å². The Morgan fingerprint density at radius 3 is 2.57 bits per heavy atom. The molecule has 0 radical (unpaired) electrons. The summed E-state index contributed by atoms with van der Waals surface area (Å²) in [6.45, 7) is 8.57. The summed E-state index contributed by atoms with van der Waals surface area (Å²) in [5, 5.41) is 1.14. The van der Waals surface area contributed by atoms with Gasteiger partial charge in [0.2, 0.25) is 0 Å². The highest BCUT2D eigenvalue weighted by Gasteiger charge is 2.48. The van der Waals surface area contributed by atoms with E-state index in [1.54, 1.807) is 0 Å². The molecule has 0 bridgehead atoms. The first kappa shape index (κ1) is 14.5. The second kappa shape index (κ2) is 4.79. The molecule has 1 fully saturated rings. The first-order chi connectivity index (χ1) is 9.80. The number of rotatable bonds is 2. The van der Waals surface area contributed by atoms with Crippen LogP contribution in [0.2, 0.25) is 0 Å². The van der Waals surface area contributed by atoms with E-state index in [-0.39, 0.29) is 23.2 Å². The quantitative estimate of drug-likeness (QED) is 0.911. The number of para-hydroxylation sites is 1. The third-order valence-corrected chi connectivity index (χ3v) is 4.60. The van der Waals surface area contributed by atoms with Gasteiger partial charge in [-0.05, 0) is 45.7 Å². The van der Waals surface area contributed by atoms with Crippen molar-refractivity contribution in [2.75, 3.05) is 0 Å². The number of hydrogen-bond donors (Lipinski definition) is 1. The van der Waals surface area contributed by atoms with Crippen LogP contribution in [0.25, 0.3) is 10.9 Å². The number of nitrogens with two attached hydrogens (primary N) is 1. The van der Waals surface area contributed by atoms with Crippen molar-refractivity contribution in [3.05, 3.63) is 42.1 Å². The molecule has 3 rings (SSSR count). The minimum atomic E-state index is -0.222. The van der Waals surface area contributed by atoms with E-state index >= 15 is 0 Å². The number of hydrogen-bond acceptors (Lipinski definition) is 3. The molecule has 112 valence electrons. The third-order valence-electron chi connectivity index (χ3n) is 4.60. The minimum Gasteiger partial charge on any atom is -0.369 e. The van der Waals surface area contributed by atoms with Gasteiger partial charge < -0.3 is 10.5 Å². The van der Waals surface area contributed by atoms with Crippen LogP contribution in [0.5, 0.6) is 0 Å². The van der Waals surface area contributed by atoms with Crippen LogP contribution in [-0.2, 0) is 4.74 Å². The Labute approximate surface area is 126 Å². The van der Waals surface area contributed by atoms with Crippen LogP contribution >= 0.6 is 0 Å². The molecule has 0 spiro atoms. The first-order valence-corrected chi connectivity index (χ1v) is 7.60. The molecule has 2 atom stereocenters. The van der Waals surface area contributed by atoms with E-state index in [1.165, 1.54) is 0 Å². The van der Waals surface area contributed by atoms with E-state index < -0.39 is 0 Å². The maximum Gasteiger partial charge on any atom is 0.0749 e. The van der Waals surface area contributed by atoms with Gasteiger partial charge in [-0.1, -0.05) is 24.3 Å². The predicted molar refractivity (Wildman–Crippen MR) is 86.0 cm³/mol. The Kier molecular flexibility index (Phi) is 3.30. The van der Waals surface area contributed by atoms with Crippen molar-refractivity contribution in [2.24, 2.45) is 11.7 Å². The maximum atomic E-state index is 6.64. The summed E-state index contributed by atoms with van der Waals surface area (Å²) in [6.07, 6.45) is 2.79. The Balaban J connectivity index is 2.03. The van der Waals surface area contributed by atoms with E-state index in [4.69, 9.17) is 10.5 Å². The zero-order chi connectivity index (χ0) is 15.3. The van der Waals surface area contributed by atoms with Gasteiger partial charge in [0.05, 0.1) is 16.7 Å². The lowest BCUT2D eigenvalue weighted by Crippen LogP contribution is -2.36. The second-order valence-corrected chi connectivity index (χ2v) is 7.22. The SMILES string of the molecule is CC1(C)CC(C(N)c2cccc3cccnc23)C(C)(C)O1. The molecule has 2 N–H and O–H groups in total. The van der Waals surface area contributed by atoms with Crippen molar-refractivity contribution >= 4 is 10.9 Å². The van der Waals surface area contributed by atoms with Crippen LogP contribution in [0.3, 0.4) is 0 Å². The van der Waals surface area contributed by atoms with Crippen LogP contribution in [-0.4, -0.2) is 16.2 Å². The summed E-state index contributed by atoms with van der Waals surface area (Å²) >= 11 is 0. The monoisotopic (exact) mass is 284 g/mol. The highest BCUT2D eigenvalue weighted by Crippen LogP contribution is 2.47. The first-order valence-electron chi connectivity index (χ1n) is 7.60. The molecular formula is C18H24N2O. The number of benzene rings is 1. The molecule has 1 aromatic carbocycles. The van der Waals surface area contributed by atoms with Crippen LogP contribution in [0.1, 0.15) is 45.7 Å². The molecule has 1 saturated heterocycles. The van der Waals surface area contributed by atoms with Gasteiger partial charge in [-0.2, -0.15) is 0 Å². The molecular weight excluding hydrogens is 260 g/mol. The van der Waals surface area contributed by atoms with Gasteiger partial charge in [-0.25, -0.2) is 0 Å². The van der Waals surface area contributed by atoms with Crippen LogP contribution in [0.15, 0.2) is 36.5 Å². The van der Waals surface area contributed by atoms with E-state index in [9.17, 15) is 0 Å². The topological polar surface area (TPSA) is 48.1 Å². The van der Waals surface area contributed by atoms with Crippen molar-refractivity contribution in [2.45, 2.75) is 51.4 Å². The Hall–Kier alpha value is -1.45. The van der Waals surface area contributed by atoms with Crippen molar-refractivity contribution in [1.82, 2.24) is 4.98 Å². The average Bonchev–Trinajstić information content (AvgIpc) is 2.65. The number of fused-ring (bicyclic) bond motifs is 1. The van der Waals surface area contributed by atoms with Gasteiger partial charge in [0.15, 0.2) is 0 Å². The molecule has 2 heterocycles. The third kappa shape index (κ3) is 2.56. The molecule has 1 aliphatic heterocycles. The Bertz CT molecular complexity index is 658. The molecule has 2 unspecified atom stereocenters. The molecule has 2 aromatic rings. The lowest BCUT2D eigenvalue weighted by atomic mass is 9.79. The smallest absolute Gasteiger partial charge is 0.0749 e. The van der Waals surface area contributed by atoms with E-state index in [0.717, 1.165) is 22.9 Å². The lowest BCUT2D eigenvalue weighted by Gasteiger charge is -2.31. The van der Waals surface area contributed by atoms with E-state index in [2.05, 4.69) is 56.9 Å². The summed E-state index contributed by atoms with van der Waals surface area (Å²) in [7, 11) is 0. The normalized spacial score (nSPS) is 25.1. The molecule has 3 nitrogen and oxygen atoms in total. The molecule has 3 heteroatoms. The summed E-state index contributed by atoms with van der Waals surface area (Å²) in [5.41, 5.74) is 8.42. The van der Waals surface area contributed by atoms with Gasteiger partial charge in [0.1, 0.15) is 0 Å².